The minimum absolute atomic E-state index is 0.0197. The van der Waals surface area contributed by atoms with E-state index in [2.05, 4.69) is 43.8 Å². The van der Waals surface area contributed by atoms with Gasteiger partial charge in [-0.05, 0) is 40.4 Å². The molecule has 1 fully saturated rings. The number of amides is 1. The van der Waals surface area contributed by atoms with Crippen molar-refractivity contribution >= 4 is 37.8 Å². The van der Waals surface area contributed by atoms with Gasteiger partial charge in [0.2, 0.25) is 0 Å². The molecule has 1 aromatic heterocycles. The van der Waals surface area contributed by atoms with Crippen LogP contribution in [0.4, 0.5) is 0 Å². The van der Waals surface area contributed by atoms with Crippen LogP contribution in [0.1, 0.15) is 23.8 Å². The van der Waals surface area contributed by atoms with Gasteiger partial charge in [0.15, 0.2) is 0 Å². The van der Waals surface area contributed by atoms with Crippen LogP contribution < -0.4 is 0 Å². The zero-order chi connectivity index (χ0) is 12.4. The van der Waals surface area contributed by atoms with Gasteiger partial charge in [-0.1, -0.05) is 22.9 Å². The van der Waals surface area contributed by atoms with E-state index < -0.39 is 0 Å². The fraction of sp³-hybridized carbons (Fsp3) is 0.500. The number of hydrogen-bond acceptors (Lipinski definition) is 2. The first-order valence-electron chi connectivity index (χ1n) is 5.62. The van der Waals surface area contributed by atoms with Crippen LogP contribution in [0.2, 0.25) is 0 Å². The highest BCUT2D eigenvalue weighted by molar-refractivity contribution is 9.10. The van der Waals surface area contributed by atoms with E-state index >= 15 is 0 Å². The number of rotatable bonds is 2. The first-order chi connectivity index (χ1) is 8.15. The predicted octanol–water partition coefficient (Wildman–Crippen LogP) is 3.09. The van der Waals surface area contributed by atoms with E-state index in [1.165, 1.54) is 0 Å². The molecule has 0 N–H and O–H groups in total. The molecule has 17 heavy (non-hydrogen) atoms. The van der Waals surface area contributed by atoms with Crippen LogP contribution in [-0.2, 0) is 0 Å². The average Bonchev–Trinajstić information content (AvgIpc) is 2.70. The molecule has 1 saturated heterocycles. The van der Waals surface area contributed by atoms with Crippen LogP contribution >= 0.6 is 31.9 Å². The molecular formula is C12H14Br2N2O. The Hall–Kier alpha value is -0.420. The normalized spacial score (nSPS) is 24.1. The van der Waals surface area contributed by atoms with Crippen molar-refractivity contribution in [2.24, 2.45) is 5.92 Å². The molecule has 92 valence electrons. The fourth-order valence-electron chi connectivity index (χ4n) is 2.17. The molecule has 0 spiro atoms. The van der Waals surface area contributed by atoms with Crippen LogP contribution in [0, 0.1) is 5.92 Å². The number of alkyl halides is 1. The summed E-state index contributed by atoms with van der Waals surface area (Å²) in [6.07, 6.45) is 2.72. The first-order valence-corrected chi connectivity index (χ1v) is 7.54. The van der Waals surface area contributed by atoms with E-state index in [9.17, 15) is 4.79 Å². The summed E-state index contributed by atoms with van der Waals surface area (Å²) >= 11 is 6.87. The second-order valence-electron chi connectivity index (χ2n) is 4.32. The highest BCUT2D eigenvalue weighted by Gasteiger charge is 2.34. The van der Waals surface area contributed by atoms with Gasteiger partial charge in [-0.3, -0.25) is 4.79 Å². The standard InChI is InChI=1S/C12H14Br2N2O/c1-8-4-6-16(10(8)7-13)12(17)11-9(14)3-2-5-15-11/h2-3,5,8,10H,4,6-7H2,1H3. The lowest BCUT2D eigenvalue weighted by atomic mass is 10.1. The molecule has 2 rings (SSSR count). The Balaban J connectivity index is 2.24. The molecule has 5 heteroatoms. The van der Waals surface area contributed by atoms with Gasteiger partial charge in [0.1, 0.15) is 5.69 Å². The Morgan fingerprint density at radius 2 is 2.41 bits per heavy atom. The lowest BCUT2D eigenvalue weighted by Crippen LogP contribution is -2.39. The van der Waals surface area contributed by atoms with Gasteiger partial charge in [-0.25, -0.2) is 4.98 Å². The molecule has 0 saturated carbocycles. The lowest BCUT2D eigenvalue weighted by Gasteiger charge is -2.25. The second-order valence-corrected chi connectivity index (χ2v) is 5.82. The maximum Gasteiger partial charge on any atom is 0.273 e. The minimum Gasteiger partial charge on any atom is -0.333 e. The van der Waals surface area contributed by atoms with Crippen molar-refractivity contribution in [3.8, 4) is 0 Å². The number of halogens is 2. The number of carbonyl (C=O) groups is 1. The number of pyridine rings is 1. The summed E-state index contributed by atoms with van der Waals surface area (Å²) < 4.78 is 0.762. The maximum absolute atomic E-state index is 12.4. The number of carbonyl (C=O) groups excluding carboxylic acids is 1. The molecule has 0 aliphatic carbocycles. The highest BCUT2D eigenvalue weighted by atomic mass is 79.9. The van der Waals surface area contributed by atoms with Crippen LogP contribution in [-0.4, -0.2) is 33.7 Å². The van der Waals surface area contributed by atoms with Gasteiger partial charge >= 0.3 is 0 Å². The number of hydrogen-bond donors (Lipinski definition) is 0. The summed E-state index contributed by atoms with van der Waals surface area (Å²) in [5.41, 5.74) is 0.507. The van der Waals surface area contributed by atoms with Crippen molar-refractivity contribution in [3.63, 3.8) is 0 Å². The first kappa shape index (κ1) is 13.0. The predicted molar refractivity (Wildman–Crippen MR) is 74.3 cm³/mol. The molecule has 0 bridgehead atoms. The van der Waals surface area contributed by atoms with E-state index in [1.807, 2.05) is 17.0 Å². The van der Waals surface area contributed by atoms with E-state index in [0.717, 1.165) is 22.8 Å². The average molecular weight is 362 g/mol. The Morgan fingerprint density at radius 3 is 3.06 bits per heavy atom. The van der Waals surface area contributed by atoms with E-state index in [0.29, 0.717) is 11.6 Å². The summed E-state index contributed by atoms with van der Waals surface area (Å²) in [7, 11) is 0. The van der Waals surface area contributed by atoms with Crippen LogP contribution in [0.5, 0.6) is 0 Å². The van der Waals surface area contributed by atoms with Gasteiger partial charge < -0.3 is 4.90 Å². The van der Waals surface area contributed by atoms with E-state index in [-0.39, 0.29) is 11.9 Å². The molecular weight excluding hydrogens is 348 g/mol. The Labute approximate surface area is 118 Å². The van der Waals surface area contributed by atoms with Crippen LogP contribution in [0.25, 0.3) is 0 Å². The van der Waals surface area contributed by atoms with Crippen LogP contribution in [0.3, 0.4) is 0 Å². The van der Waals surface area contributed by atoms with E-state index in [4.69, 9.17) is 0 Å². The Bertz CT molecular complexity index is 425. The summed E-state index contributed by atoms with van der Waals surface area (Å²) in [4.78, 5) is 18.5. The van der Waals surface area contributed by atoms with Gasteiger partial charge in [0.25, 0.3) is 5.91 Å². The third kappa shape index (κ3) is 2.55. The summed E-state index contributed by atoms with van der Waals surface area (Å²) in [5, 5.41) is 0.824. The largest absolute Gasteiger partial charge is 0.333 e. The summed E-state index contributed by atoms with van der Waals surface area (Å²) in [6.45, 7) is 3.01. The highest BCUT2D eigenvalue weighted by Crippen LogP contribution is 2.28. The number of aromatic nitrogens is 1. The van der Waals surface area contributed by atoms with Gasteiger partial charge in [-0.15, -0.1) is 0 Å². The van der Waals surface area contributed by atoms with Crippen molar-refractivity contribution < 1.29 is 4.79 Å². The smallest absolute Gasteiger partial charge is 0.273 e. The van der Waals surface area contributed by atoms with Crippen molar-refractivity contribution in [1.29, 1.82) is 0 Å². The molecule has 1 amide bonds. The molecule has 2 atom stereocenters. The molecule has 1 aromatic rings. The molecule has 0 radical (unpaired) electrons. The number of likely N-dealkylation sites (tertiary alicyclic amines) is 1. The minimum atomic E-state index is 0.0197. The third-order valence-corrected chi connectivity index (χ3v) is 4.57. The van der Waals surface area contributed by atoms with Crippen molar-refractivity contribution in [2.75, 3.05) is 11.9 Å². The molecule has 2 heterocycles. The topological polar surface area (TPSA) is 33.2 Å². The molecule has 1 aliphatic rings. The van der Waals surface area contributed by atoms with Crippen molar-refractivity contribution in [1.82, 2.24) is 9.88 Å². The van der Waals surface area contributed by atoms with Gasteiger partial charge in [0.05, 0.1) is 0 Å². The van der Waals surface area contributed by atoms with Crippen molar-refractivity contribution in [3.05, 3.63) is 28.5 Å². The summed E-state index contributed by atoms with van der Waals surface area (Å²) in [5.74, 6) is 0.562. The van der Waals surface area contributed by atoms with Crippen molar-refractivity contribution in [2.45, 2.75) is 19.4 Å². The summed E-state index contributed by atoms with van der Waals surface area (Å²) in [6, 6.07) is 3.94. The maximum atomic E-state index is 12.4. The lowest BCUT2D eigenvalue weighted by molar-refractivity contribution is 0.0731. The fourth-order valence-corrected chi connectivity index (χ4v) is 3.59. The quantitative estimate of drug-likeness (QED) is 0.758. The zero-order valence-corrected chi connectivity index (χ0v) is 12.7. The zero-order valence-electron chi connectivity index (χ0n) is 9.57. The Kier molecular flexibility index (Phi) is 4.20. The SMILES string of the molecule is CC1CCN(C(=O)c2ncccc2Br)C1CBr. The monoisotopic (exact) mass is 360 g/mol. The molecule has 1 aliphatic heterocycles. The molecule has 2 unspecified atom stereocenters. The number of nitrogens with zero attached hydrogens (tertiary/aromatic N) is 2. The van der Waals surface area contributed by atoms with Gasteiger partial charge in [0, 0.05) is 28.6 Å². The molecule has 0 aromatic carbocycles. The Morgan fingerprint density at radius 1 is 1.65 bits per heavy atom. The van der Waals surface area contributed by atoms with E-state index in [1.54, 1.807) is 6.20 Å². The second kappa shape index (κ2) is 5.48. The molecule has 3 nitrogen and oxygen atoms in total. The van der Waals surface area contributed by atoms with Crippen LogP contribution in [0.15, 0.2) is 22.8 Å². The van der Waals surface area contributed by atoms with Gasteiger partial charge in [-0.2, -0.15) is 0 Å². The third-order valence-electron chi connectivity index (χ3n) is 3.26.